The Hall–Kier alpha value is -2.71. The number of hydrogen-bond donors (Lipinski definition) is 4. The number of hydrogen-bond acceptors (Lipinski definition) is 7. The molecule has 1 fully saturated rings. The molecular formula is C21H29N7O. The summed E-state index contributed by atoms with van der Waals surface area (Å²) in [6, 6.07) is 5.97. The molecule has 1 aliphatic rings. The molecule has 1 saturated heterocycles. The maximum atomic E-state index is 9.88. The van der Waals surface area contributed by atoms with Gasteiger partial charge in [0, 0.05) is 49.1 Å². The van der Waals surface area contributed by atoms with E-state index in [0.29, 0.717) is 19.0 Å². The number of aliphatic hydroxyl groups excluding tert-OH is 1. The van der Waals surface area contributed by atoms with Crippen LogP contribution in [0.25, 0.3) is 5.65 Å². The number of anilines is 2. The Morgan fingerprint density at radius 3 is 2.79 bits per heavy atom. The largest absolute Gasteiger partial charge is 0.396 e. The van der Waals surface area contributed by atoms with Crippen LogP contribution in [0.2, 0.25) is 0 Å². The van der Waals surface area contributed by atoms with Crippen LogP contribution in [0.3, 0.4) is 0 Å². The molecule has 0 aromatic carbocycles. The summed E-state index contributed by atoms with van der Waals surface area (Å²) in [6.45, 7) is 7.55. The van der Waals surface area contributed by atoms with Gasteiger partial charge in [-0.1, -0.05) is 13.8 Å². The van der Waals surface area contributed by atoms with E-state index < -0.39 is 0 Å². The van der Waals surface area contributed by atoms with Crippen molar-refractivity contribution >= 4 is 17.3 Å². The van der Waals surface area contributed by atoms with Crippen LogP contribution >= 0.6 is 0 Å². The highest BCUT2D eigenvalue weighted by Gasteiger charge is 2.33. The molecule has 4 heterocycles. The topological polar surface area (TPSA) is 99.4 Å². The number of aliphatic hydroxyl groups is 1. The molecule has 0 bridgehead atoms. The summed E-state index contributed by atoms with van der Waals surface area (Å²) in [7, 11) is 0. The van der Waals surface area contributed by atoms with Gasteiger partial charge in [-0.05, 0) is 36.6 Å². The van der Waals surface area contributed by atoms with Crippen molar-refractivity contribution in [3.05, 3.63) is 47.9 Å². The van der Waals surface area contributed by atoms with Gasteiger partial charge < -0.3 is 21.1 Å². The van der Waals surface area contributed by atoms with Gasteiger partial charge in [0.1, 0.15) is 11.6 Å². The van der Waals surface area contributed by atoms with Gasteiger partial charge in [-0.15, -0.1) is 0 Å². The van der Waals surface area contributed by atoms with Gasteiger partial charge in [0.2, 0.25) is 0 Å². The van der Waals surface area contributed by atoms with E-state index in [2.05, 4.69) is 39.9 Å². The standard InChI is InChI=1S/C21H29N7O/c1-15(2)17-11-26-28-19(24-10-16-3-6-22-7-4-16)9-18(27-20(17)28)25-13-21(14-29)5-8-23-12-21/h3-4,6-7,9,11,15,23-24,29H,5,8,10,12-14H2,1-2H3,(H,25,27)/t21-/m1/s1. The second-order valence-electron chi connectivity index (χ2n) is 8.16. The summed E-state index contributed by atoms with van der Waals surface area (Å²) in [5.41, 5.74) is 2.97. The van der Waals surface area contributed by atoms with Crippen LogP contribution in [0.4, 0.5) is 11.6 Å². The molecule has 1 aliphatic heterocycles. The van der Waals surface area contributed by atoms with Crippen LogP contribution in [0, 0.1) is 5.41 Å². The third kappa shape index (κ3) is 4.18. The summed E-state index contributed by atoms with van der Waals surface area (Å²) in [4.78, 5) is 8.91. The molecule has 3 aromatic heterocycles. The first-order valence-electron chi connectivity index (χ1n) is 10.2. The zero-order valence-corrected chi connectivity index (χ0v) is 17.0. The molecule has 29 heavy (non-hydrogen) atoms. The minimum absolute atomic E-state index is 0.139. The van der Waals surface area contributed by atoms with E-state index in [1.165, 1.54) is 0 Å². The van der Waals surface area contributed by atoms with Gasteiger partial charge in [0.25, 0.3) is 0 Å². The minimum Gasteiger partial charge on any atom is -0.396 e. The van der Waals surface area contributed by atoms with Crippen molar-refractivity contribution in [2.45, 2.75) is 32.7 Å². The van der Waals surface area contributed by atoms with E-state index in [0.717, 1.165) is 47.9 Å². The molecule has 0 amide bonds. The molecule has 1 atom stereocenters. The maximum absolute atomic E-state index is 9.88. The van der Waals surface area contributed by atoms with Crippen molar-refractivity contribution in [3.63, 3.8) is 0 Å². The fraction of sp³-hybridized carbons (Fsp3) is 0.476. The predicted octanol–water partition coefficient (Wildman–Crippen LogP) is 2.24. The molecule has 0 spiro atoms. The number of aromatic nitrogens is 4. The second-order valence-corrected chi connectivity index (χ2v) is 8.16. The van der Waals surface area contributed by atoms with Crippen LogP contribution < -0.4 is 16.0 Å². The Morgan fingerprint density at radius 2 is 2.10 bits per heavy atom. The first-order chi connectivity index (χ1) is 14.1. The number of rotatable bonds is 8. The second kappa shape index (κ2) is 8.34. The zero-order valence-electron chi connectivity index (χ0n) is 17.0. The average Bonchev–Trinajstić information content (AvgIpc) is 3.39. The first kappa shape index (κ1) is 19.6. The molecule has 4 rings (SSSR count). The van der Waals surface area contributed by atoms with E-state index in [4.69, 9.17) is 4.98 Å². The van der Waals surface area contributed by atoms with Crippen LogP contribution in [0.15, 0.2) is 36.8 Å². The Labute approximate surface area is 170 Å². The van der Waals surface area contributed by atoms with Gasteiger partial charge >= 0.3 is 0 Å². The van der Waals surface area contributed by atoms with Crippen molar-refractivity contribution in [2.75, 3.05) is 36.9 Å². The van der Waals surface area contributed by atoms with Crippen molar-refractivity contribution < 1.29 is 5.11 Å². The normalized spacial score (nSPS) is 19.2. The Morgan fingerprint density at radius 1 is 1.28 bits per heavy atom. The number of fused-ring (bicyclic) bond motifs is 1. The molecule has 154 valence electrons. The first-order valence-corrected chi connectivity index (χ1v) is 10.2. The third-order valence-corrected chi connectivity index (χ3v) is 5.66. The average molecular weight is 396 g/mol. The summed E-state index contributed by atoms with van der Waals surface area (Å²) >= 11 is 0. The molecule has 0 radical (unpaired) electrons. The molecule has 3 aromatic rings. The predicted molar refractivity (Wildman–Crippen MR) is 114 cm³/mol. The van der Waals surface area contributed by atoms with Gasteiger partial charge in [0.15, 0.2) is 5.65 Å². The van der Waals surface area contributed by atoms with E-state index in [-0.39, 0.29) is 12.0 Å². The Kier molecular flexibility index (Phi) is 5.64. The third-order valence-electron chi connectivity index (χ3n) is 5.66. The van der Waals surface area contributed by atoms with E-state index in [1.807, 2.05) is 28.9 Å². The molecule has 8 nitrogen and oxygen atoms in total. The molecule has 0 aliphatic carbocycles. The number of pyridine rings is 1. The number of nitrogens with one attached hydrogen (secondary N) is 3. The van der Waals surface area contributed by atoms with Crippen molar-refractivity contribution in [2.24, 2.45) is 5.41 Å². The number of nitrogens with zero attached hydrogens (tertiary/aromatic N) is 4. The lowest BCUT2D eigenvalue weighted by Crippen LogP contribution is -2.35. The van der Waals surface area contributed by atoms with E-state index in [9.17, 15) is 5.11 Å². The molecule has 0 saturated carbocycles. The highest BCUT2D eigenvalue weighted by atomic mass is 16.3. The lowest BCUT2D eigenvalue weighted by Gasteiger charge is -2.26. The van der Waals surface area contributed by atoms with Crippen LogP contribution in [-0.2, 0) is 6.54 Å². The minimum atomic E-state index is -0.139. The summed E-state index contributed by atoms with van der Waals surface area (Å²) < 4.78 is 1.86. The van der Waals surface area contributed by atoms with E-state index in [1.54, 1.807) is 12.4 Å². The summed E-state index contributed by atoms with van der Waals surface area (Å²) in [5.74, 6) is 1.99. The highest BCUT2D eigenvalue weighted by molar-refractivity contribution is 5.61. The quantitative estimate of drug-likeness (QED) is 0.464. The fourth-order valence-corrected chi connectivity index (χ4v) is 3.71. The van der Waals surface area contributed by atoms with Crippen molar-refractivity contribution in [1.82, 2.24) is 24.9 Å². The summed E-state index contributed by atoms with van der Waals surface area (Å²) in [6.07, 6.45) is 6.43. The highest BCUT2D eigenvalue weighted by Crippen LogP contribution is 2.27. The van der Waals surface area contributed by atoms with Gasteiger partial charge in [-0.2, -0.15) is 9.61 Å². The lowest BCUT2D eigenvalue weighted by molar-refractivity contribution is 0.154. The molecule has 4 N–H and O–H groups in total. The summed E-state index contributed by atoms with van der Waals surface area (Å²) in [5, 5.41) is 24.7. The SMILES string of the molecule is CC(C)c1cnn2c(NCc3ccncc3)cc(NC[C@@]3(CO)CCNC3)nc12. The Balaban J connectivity index is 1.62. The lowest BCUT2D eigenvalue weighted by atomic mass is 9.88. The van der Waals surface area contributed by atoms with Crippen molar-refractivity contribution in [1.29, 1.82) is 0 Å². The molecule has 0 unspecified atom stereocenters. The maximum Gasteiger partial charge on any atom is 0.163 e. The Bertz CT molecular complexity index is 948. The van der Waals surface area contributed by atoms with Gasteiger partial charge in [-0.3, -0.25) is 4.98 Å². The molecule has 8 heteroatoms. The fourth-order valence-electron chi connectivity index (χ4n) is 3.71. The van der Waals surface area contributed by atoms with Crippen molar-refractivity contribution in [3.8, 4) is 0 Å². The monoisotopic (exact) mass is 395 g/mol. The zero-order chi connectivity index (χ0) is 20.3. The smallest absolute Gasteiger partial charge is 0.163 e. The molecular weight excluding hydrogens is 366 g/mol. The van der Waals surface area contributed by atoms with Gasteiger partial charge in [0.05, 0.1) is 12.8 Å². The van der Waals surface area contributed by atoms with Gasteiger partial charge in [-0.25, -0.2) is 4.98 Å². The van der Waals surface area contributed by atoms with Crippen LogP contribution in [0.5, 0.6) is 0 Å². The van der Waals surface area contributed by atoms with Crippen LogP contribution in [0.1, 0.15) is 37.3 Å². The van der Waals surface area contributed by atoms with E-state index >= 15 is 0 Å². The van der Waals surface area contributed by atoms with Crippen LogP contribution in [-0.4, -0.2) is 50.9 Å².